The van der Waals surface area contributed by atoms with Gasteiger partial charge in [-0.1, -0.05) is 0 Å². The van der Waals surface area contributed by atoms with Crippen molar-refractivity contribution in [3.8, 4) is 5.63 Å². The molecule has 0 aromatic heterocycles. The maximum absolute atomic E-state index is 3.66. The molecule has 0 atom stereocenters. The van der Waals surface area contributed by atoms with Crippen LogP contribution in [0.5, 0.6) is 0 Å². The number of allylic oxidation sites excluding steroid dienone is 2. The molecule has 0 N–H and O–H groups in total. The van der Waals surface area contributed by atoms with Crippen LogP contribution in [0.4, 0.5) is 0 Å². The fourth-order valence-electron chi connectivity index (χ4n) is 0.0745. The van der Waals surface area contributed by atoms with Gasteiger partial charge in [-0.3, -0.25) is 0 Å². The van der Waals surface area contributed by atoms with Crippen molar-refractivity contribution in [2.75, 3.05) is 0 Å². The monoisotopic (exact) mass is 84.0 g/mol. The summed E-state index contributed by atoms with van der Waals surface area (Å²) >= 11 is 0. The van der Waals surface area contributed by atoms with Crippen molar-refractivity contribution in [3.63, 3.8) is 0 Å². The molecule has 0 aliphatic rings. The second-order valence-electron chi connectivity index (χ2n) is 0.629. The maximum atomic E-state index is 3.66. The molecule has 1 heteroatoms. The van der Waals surface area contributed by atoms with Gasteiger partial charge in [0, 0.05) is 0 Å². The zero-order chi connectivity index (χ0) is 4.12. The second kappa shape index (κ2) is 3.95. The molecule has 0 radical (unpaired) electrons. The molecule has 0 saturated carbocycles. The van der Waals surface area contributed by atoms with E-state index in [4.69, 9.17) is 0 Å². The van der Waals surface area contributed by atoms with Crippen LogP contribution in [0.15, 0.2) is 12.2 Å². The van der Waals surface area contributed by atoms with Crippen LogP contribution in [0.2, 0.25) is 0 Å². The Morgan fingerprint density at radius 1 is 1.80 bits per heavy atom. The third-order valence-corrected chi connectivity index (χ3v) is 0.390. The summed E-state index contributed by atoms with van der Waals surface area (Å²) < 4.78 is 0. The zero-order valence-electron chi connectivity index (χ0n) is 3.10. The van der Waals surface area contributed by atoms with Crippen LogP contribution in [-0.4, -0.2) is 0 Å². The quantitative estimate of drug-likeness (QED) is 0.393. The molecular weight excluding hydrogens is 79.0 g/mol. The van der Waals surface area contributed by atoms with Crippen LogP contribution in [0.1, 0.15) is 6.92 Å². The second-order valence-corrected chi connectivity index (χ2v) is 0.887. The average Bonchev–Trinajstić information content (AvgIpc) is 1.41. The minimum absolute atomic E-state index is 1.74. The van der Waals surface area contributed by atoms with Gasteiger partial charge in [-0.25, -0.2) is 0 Å². The van der Waals surface area contributed by atoms with Crippen molar-refractivity contribution in [3.05, 3.63) is 12.2 Å². The fraction of sp³-hybridized carbons (Fsp3) is 0.250. The zero-order valence-corrected chi connectivity index (χ0v) is 4.00. The van der Waals surface area contributed by atoms with E-state index in [9.17, 15) is 0 Å². The van der Waals surface area contributed by atoms with Crippen LogP contribution in [-0.2, 0) is 0 Å². The molecule has 0 aliphatic carbocycles. The Morgan fingerprint density at radius 2 is 2.40 bits per heavy atom. The summed E-state index contributed by atoms with van der Waals surface area (Å²) in [4.78, 5) is 0. The van der Waals surface area contributed by atoms with Crippen molar-refractivity contribution < 1.29 is 0 Å². The Kier molecular flexibility index (Phi) is 3.91. The number of rotatable bonds is 0. The van der Waals surface area contributed by atoms with E-state index in [1.165, 1.54) is 0 Å². The van der Waals surface area contributed by atoms with Gasteiger partial charge in [0.15, 0.2) is 0 Å². The van der Waals surface area contributed by atoms with Crippen LogP contribution in [0, 0.1) is 5.63 Å². The molecule has 0 nitrogen and oxygen atoms in total. The average molecular weight is 84.1 g/mol. The first-order valence-corrected chi connectivity index (χ1v) is 1.87. The predicted octanol–water partition coefficient (Wildman–Crippen LogP) is 1.93. The summed E-state index contributed by atoms with van der Waals surface area (Å²) in [6.45, 7) is 1.92. The van der Waals surface area contributed by atoms with Gasteiger partial charge in [-0.15, -0.1) is 0 Å². The van der Waals surface area contributed by atoms with Crippen LogP contribution >= 0.6 is 8.70 Å². The van der Waals surface area contributed by atoms with Gasteiger partial charge in [0.25, 0.3) is 0 Å². The van der Waals surface area contributed by atoms with E-state index >= 15 is 0 Å². The molecule has 0 amide bonds. The molecule has 26 valence electrons. The minimum atomic E-state index is 1.74. The molecular formula is C4H5P. The van der Waals surface area contributed by atoms with Crippen molar-refractivity contribution in [2.24, 2.45) is 0 Å². The molecule has 0 bridgehead atoms. The molecule has 0 unspecified atom stereocenters. The fourth-order valence-corrected chi connectivity index (χ4v) is 0.224. The first-order valence-electron chi connectivity index (χ1n) is 1.42. The van der Waals surface area contributed by atoms with Crippen molar-refractivity contribution >= 4 is 8.70 Å². The van der Waals surface area contributed by atoms with Crippen LogP contribution in [0.3, 0.4) is 0 Å². The summed E-state index contributed by atoms with van der Waals surface area (Å²) in [6, 6.07) is 0. The summed E-state index contributed by atoms with van der Waals surface area (Å²) in [5.41, 5.74) is 2.53. The number of hydrogen-bond donors (Lipinski definition) is 0. The Labute approximate surface area is 34.4 Å². The third kappa shape index (κ3) is 3.95. The topological polar surface area (TPSA) is 0 Å². The molecule has 0 heterocycles. The predicted molar refractivity (Wildman–Crippen MR) is 25.6 cm³/mol. The van der Waals surface area contributed by atoms with Gasteiger partial charge in [0.2, 0.25) is 0 Å². The van der Waals surface area contributed by atoms with E-state index in [2.05, 4.69) is 14.3 Å². The third-order valence-electron chi connectivity index (χ3n) is 0.241. The molecule has 0 spiro atoms. The molecule has 0 rings (SSSR count). The van der Waals surface area contributed by atoms with Crippen LogP contribution < -0.4 is 0 Å². The van der Waals surface area contributed by atoms with E-state index in [0.717, 1.165) is 0 Å². The summed E-state index contributed by atoms with van der Waals surface area (Å²) in [5.74, 6) is 0. The van der Waals surface area contributed by atoms with Crippen molar-refractivity contribution in [1.82, 2.24) is 0 Å². The van der Waals surface area contributed by atoms with Crippen LogP contribution in [0.25, 0.3) is 0 Å². The van der Waals surface area contributed by atoms with Gasteiger partial charge in [-0.2, -0.15) is 0 Å². The molecule has 0 saturated heterocycles. The van der Waals surface area contributed by atoms with E-state index in [1.807, 2.05) is 13.0 Å². The summed E-state index contributed by atoms with van der Waals surface area (Å²) in [7, 11) is 3.66. The SMILES string of the molecule is CC=CC#P. The molecule has 0 aliphatic heterocycles. The Balaban J connectivity index is 3.04. The van der Waals surface area contributed by atoms with Crippen molar-refractivity contribution in [2.45, 2.75) is 6.92 Å². The normalized spacial score (nSPS) is 8.00. The van der Waals surface area contributed by atoms with Gasteiger partial charge in [0.1, 0.15) is 0 Å². The Bertz CT molecular complexity index is 66.2. The molecule has 5 heavy (non-hydrogen) atoms. The Hall–Kier alpha value is -0.0500. The summed E-state index contributed by atoms with van der Waals surface area (Å²) in [5, 5.41) is 0. The first kappa shape index (κ1) is 4.95. The van der Waals surface area contributed by atoms with E-state index < -0.39 is 0 Å². The van der Waals surface area contributed by atoms with Gasteiger partial charge in [0.05, 0.1) is 0 Å². The van der Waals surface area contributed by atoms with Gasteiger partial charge in [-0.05, 0) is 0 Å². The molecule has 0 fully saturated rings. The van der Waals surface area contributed by atoms with Gasteiger partial charge >= 0.3 is 33.4 Å². The number of hydrogen-bond acceptors (Lipinski definition) is 0. The molecule has 0 aromatic carbocycles. The van der Waals surface area contributed by atoms with E-state index in [-0.39, 0.29) is 0 Å². The standard InChI is InChI=1S/C4H5P/c1-2-3-4-5/h2-3H,1H3. The first-order chi connectivity index (χ1) is 2.41. The van der Waals surface area contributed by atoms with Crippen molar-refractivity contribution in [1.29, 1.82) is 0 Å². The Morgan fingerprint density at radius 3 is 2.40 bits per heavy atom. The van der Waals surface area contributed by atoms with E-state index in [1.54, 1.807) is 6.08 Å². The van der Waals surface area contributed by atoms with Gasteiger partial charge < -0.3 is 0 Å². The van der Waals surface area contributed by atoms with E-state index in [0.29, 0.717) is 0 Å². The summed E-state index contributed by atoms with van der Waals surface area (Å²) in [6.07, 6.45) is 3.61. The molecule has 0 aromatic rings.